The van der Waals surface area contributed by atoms with Crippen LogP contribution in [0.4, 0.5) is 23.4 Å². The number of azide groups is 4. The van der Waals surface area contributed by atoms with Crippen LogP contribution in [0.1, 0.15) is 136 Å². The van der Waals surface area contributed by atoms with Crippen LogP contribution in [0.2, 0.25) is 10.0 Å². The number of hydrogen-bond acceptors (Lipinski definition) is 32. The third-order valence-electron chi connectivity index (χ3n) is 21.9. The summed E-state index contributed by atoms with van der Waals surface area (Å²) in [6, 6.07) is 26.5. The molecule has 7 aliphatic heterocycles. The quantitative estimate of drug-likeness (QED) is 0.00753. The van der Waals surface area contributed by atoms with Crippen LogP contribution in [0.3, 0.4) is 0 Å². The molecule has 3 amide bonds. The fourth-order valence-corrected chi connectivity index (χ4v) is 15.8. The van der Waals surface area contributed by atoms with Gasteiger partial charge in [-0.2, -0.15) is 4.98 Å². The van der Waals surface area contributed by atoms with Crippen LogP contribution >= 0.6 is 45.8 Å². The van der Waals surface area contributed by atoms with Gasteiger partial charge in [0.25, 0.3) is 34.4 Å². The minimum atomic E-state index is -2.54. The van der Waals surface area contributed by atoms with E-state index in [1.54, 1.807) is 46.9 Å². The van der Waals surface area contributed by atoms with Gasteiger partial charge in [0, 0.05) is 93.7 Å². The Morgan fingerprint density at radius 1 is 0.456 bits per heavy atom. The van der Waals surface area contributed by atoms with Crippen LogP contribution in [0.5, 0.6) is 0 Å². The van der Waals surface area contributed by atoms with Gasteiger partial charge in [-0.1, -0.05) is 92.2 Å². The van der Waals surface area contributed by atoms with Gasteiger partial charge in [0.15, 0.2) is 61.8 Å². The summed E-state index contributed by atoms with van der Waals surface area (Å²) in [6.07, 6.45) is -16.5. The van der Waals surface area contributed by atoms with Crippen molar-refractivity contribution in [1.29, 1.82) is 0 Å². The summed E-state index contributed by atoms with van der Waals surface area (Å²) in [5.41, 5.74) is 24.1. The summed E-state index contributed by atoms with van der Waals surface area (Å²) in [4.78, 5) is 199. The first-order valence-electron chi connectivity index (χ1n) is 40.4. The van der Waals surface area contributed by atoms with Gasteiger partial charge in [0.1, 0.15) is 42.4 Å². The van der Waals surface area contributed by atoms with Crippen molar-refractivity contribution in [3.05, 3.63) is 301 Å². The number of H-pyrrole nitrogens is 3. The van der Waals surface area contributed by atoms with Gasteiger partial charge in [-0.3, -0.25) is 62.0 Å². The highest BCUT2D eigenvalue weighted by atomic mass is 127. The van der Waals surface area contributed by atoms with E-state index in [0.717, 1.165) is 63.3 Å². The molecule has 0 saturated carbocycles. The first-order chi connectivity index (χ1) is 65.0. The fourth-order valence-electron chi connectivity index (χ4n) is 15.0. The second kappa shape index (κ2) is 43.5. The number of benzene rings is 4. The minimum Gasteiger partial charge on any atom is -0.459 e. The molecule has 7 fully saturated rings. The number of likely N-dealkylation sites (tertiary alicyclic amines) is 3. The largest absolute Gasteiger partial charge is 0.459 e. The van der Waals surface area contributed by atoms with Gasteiger partial charge in [-0.25, -0.2) is 55.9 Å². The predicted octanol–water partition coefficient (Wildman–Crippen LogP) is 5.42. The molecular formula is C79H75Cl2F4IN24O26. The summed E-state index contributed by atoms with van der Waals surface area (Å²) < 4.78 is 107. The van der Waals surface area contributed by atoms with E-state index in [1.807, 2.05) is 15.0 Å². The second-order valence-corrected chi connectivity index (χ2v) is 32.5. The number of rotatable bonds is 23. The van der Waals surface area contributed by atoms with Crippen molar-refractivity contribution in [2.45, 2.75) is 135 Å². The number of carbonyl (C=O) groups is 7. The molecular weight excluding hydrogens is 1970 g/mol. The van der Waals surface area contributed by atoms with Crippen LogP contribution in [0, 0.1) is 3.57 Å². The number of hydrogen-bond donors (Lipinski definition) is 8. The molecule has 0 aliphatic carbocycles. The number of halogens is 7. The highest BCUT2D eigenvalue weighted by Gasteiger charge is 2.63. The van der Waals surface area contributed by atoms with E-state index >= 15 is 8.78 Å². The van der Waals surface area contributed by atoms with Gasteiger partial charge in [-0.05, 0) is 144 Å². The molecule has 136 heavy (non-hydrogen) atoms. The Morgan fingerprint density at radius 3 is 1.13 bits per heavy atom. The Bertz CT molecular complexity index is 6570. The van der Waals surface area contributed by atoms with E-state index in [1.165, 1.54) is 99.6 Å². The van der Waals surface area contributed by atoms with Crippen molar-refractivity contribution in [1.82, 2.24) is 52.9 Å². The standard InChI is InChI=1S/C28H24ClFN6O8.C23H16ClFIN5O7.C14H18FN7O5.C14H17FN6O6/c29-18-10-6-9-17(13-18)25(39)42-15-28(33-34-31)21(43-26(40)16-7-2-1-3-8-16)20(30)24(44-28)36-14-19(22(37)32-27(36)41)23(38)35-11-4-5-12-35;24-14-8-4-7-13(9-14)20(33)36-11-23(29-30-27)17(37-21(34)12-5-2-1-3-6-12)16(25)19(38-23)31-10-15(26)18(32)28-22(31)35;15-8-9(24)14(6-23,19-20-17)27-12(8)22-5-7(10(16)18-13(22)26)11(25)21-3-1-2-4-21;15-8-9(23)14(6-22,18-19-16)27-12(8)21-5-7(10(24)17-13(21)26)11(25)20-3-1-2-4-20/h1-3,6-10,13-14,20-21,24H,4-5,11-12,15H2,(H,32,37,41);1-10,16-17,19H,11H2,(H,28,32,35);5,8-9,12,23-24H,1-4,6H2,(H2,16,18,26);5,8-9,12,22-23H,1-4,6H2,(H,17,24,26)/t20-,21-,24+,28+;16-,17-,19+,23+;2*8-,9-,12+,14+/m0000/s1. The van der Waals surface area contributed by atoms with E-state index in [4.69, 9.17) is 77.9 Å². The summed E-state index contributed by atoms with van der Waals surface area (Å²) in [7, 11) is 0. The molecule has 7 aliphatic rings. The highest BCUT2D eigenvalue weighted by Crippen LogP contribution is 2.46. The number of alkyl halides is 4. The molecule has 0 bridgehead atoms. The number of nitrogens with one attached hydrogen (secondary N) is 3. The topological polar surface area (TPSA) is 705 Å². The number of ether oxygens (including phenoxy) is 8. The average Bonchev–Trinajstić information content (AvgIpc) is 2.38. The Kier molecular flexibility index (Phi) is 32.2. The van der Waals surface area contributed by atoms with Gasteiger partial charge >= 0.3 is 46.6 Å². The number of nitrogen functional groups attached to an aromatic ring is 1. The minimum absolute atomic E-state index is 0.000293. The number of aromatic amines is 3. The average molecular weight is 2050 g/mol. The number of nitrogens with zero attached hydrogens (tertiary/aromatic N) is 20. The van der Waals surface area contributed by atoms with E-state index in [9.17, 15) is 107 Å². The molecule has 57 heteroatoms. The lowest BCUT2D eigenvalue weighted by molar-refractivity contribution is -0.129. The molecule has 15 rings (SSSR count). The number of aliphatic hydroxyl groups excluding tert-OH is 4. The van der Waals surface area contributed by atoms with Crippen LogP contribution in [0.25, 0.3) is 41.8 Å². The third-order valence-corrected chi connectivity index (χ3v) is 23.2. The molecule has 7 saturated heterocycles. The lowest BCUT2D eigenvalue weighted by atomic mass is 10.1. The van der Waals surface area contributed by atoms with Crippen molar-refractivity contribution >= 4 is 93.2 Å². The Hall–Kier alpha value is -14.2. The molecule has 9 N–H and O–H groups in total. The zero-order valence-electron chi connectivity index (χ0n) is 69.9. The summed E-state index contributed by atoms with van der Waals surface area (Å²) in [5.74, 6) is -6.02. The molecule has 11 heterocycles. The maximum Gasteiger partial charge on any atom is 0.351 e. The molecule has 50 nitrogen and oxygen atoms in total. The monoisotopic (exact) mass is 2050 g/mol. The third kappa shape index (κ3) is 21.5. The normalized spacial score (nSPS) is 25.6. The molecule has 0 radical (unpaired) electrons. The van der Waals surface area contributed by atoms with Crippen LogP contribution < -0.4 is 45.2 Å². The molecule has 0 spiro atoms. The second-order valence-electron chi connectivity index (χ2n) is 30.5. The van der Waals surface area contributed by atoms with Crippen molar-refractivity contribution in [3.63, 3.8) is 0 Å². The highest BCUT2D eigenvalue weighted by molar-refractivity contribution is 14.1. The van der Waals surface area contributed by atoms with Gasteiger partial charge in [-0.15, -0.1) is 0 Å². The Labute approximate surface area is 780 Å². The van der Waals surface area contributed by atoms with E-state index in [2.05, 4.69) is 45.1 Å². The number of esters is 4. The SMILES string of the molecule is [N-]=[N+]=N[C@]1(CO)O[C@@H](n2cc(C(=O)N3CCCC3)c(=O)[nH]c2=O)[C@@H](F)[C@@H]1O.[N-]=[N+]=N[C@]1(CO)O[C@@H](n2cc(C(=O)N3CCCC3)c(N)nc2=O)[C@@H](F)[C@@H]1O.[N-]=[N+]=N[C@]1(COC(=O)c2cccc(Cl)c2)O[C@@H](n2cc(C(=O)N3CCCC3)c(=O)[nH]c2=O)[C@@H](F)[C@@H]1OC(=O)c1ccccc1.[N-]=[N+]=N[C@]1(COC(=O)c2cccc(Cl)c2)O[C@@H](n2cc(I)c(=O)[nH]c2=O)[C@@H](F)[C@@H]1OC(=O)c1ccccc1. The number of aromatic nitrogens is 8. The first kappa shape index (κ1) is 101. The van der Waals surface area contributed by atoms with Gasteiger partial charge < -0.3 is 78.8 Å². The lowest BCUT2D eigenvalue weighted by Gasteiger charge is -2.28. The van der Waals surface area contributed by atoms with Crippen molar-refractivity contribution in [2.24, 2.45) is 20.5 Å². The number of carbonyl (C=O) groups excluding carboxylic acids is 7. The smallest absolute Gasteiger partial charge is 0.351 e. The van der Waals surface area contributed by atoms with Crippen LogP contribution in [-0.2, 0) is 37.9 Å². The van der Waals surface area contributed by atoms with Crippen molar-refractivity contribution in [2.75, 3.05) is 71.4 Å². The molecule has 0 unspecified atom stereocenters. The molecule has 8 aromatic rings. The van der Waals surface area contributed by atoms with Crippen LogP contribution in [0.15, 0.2) is 188 Å². The Morgan fingerprint density at radius 2 is 0.772 bits per heavy atom. The van der Waals surface area contributed by atoms with E-state index in [-0.39, 0.29) is 47.3 Å². The van der Waals surface area contributed by atoms with Gasteiger partial charge in [0.2, 0.25) is 22.9 Å². The Balaban J connectivity index is 0.000000166. The van der Waals surface area contributed by atoms with E-state index < -0.39 is 216 Å². The van der Waals surface area contributed by atoms with E-state index in [0.29, 0.717) is 57.5 Å². The maximum atomic E-state index is 16.4. The maximum absolute atomic E-state index is 16.4. The predicted molar refractivity (Wildman–Crippen MR) is 464 cm³/mol. The lowest BCUT2D eigenvalue weighted by Crippen LogP contribution is -2.47. The molecule has 716 valence electrons. The zero-order chi connectivity index (χ0) is 98.4. The van der Waals surface area contributed by atoms with Crippen molar-refractivity contribution < 1.29 is 109 Å². The number of nitrogens with two attached hydrogens (primary N) is 1. The fraction of sp³-hybridized carbons (Fsp3) is 0.405. The summed E-state index contributed by atoms with van der Waals surface area (Å²) in [6.45, 7) is -1.22. The van der Waals surface area contributed by atoms with Crippen LogP contribution in [-0.4, -0.2) is 253 Å². The summed E-state index contributed by atoms with van der Waals surface area (Å²) in [5, 5.41) is 52.5. The van der Waals surface area contributed by atoms with Crippen molar-refractivity contribution in [3.8, 4) is 0 Å². The first-order valence-corrected chi connectivity index (χ1v) is 42.3. The number of anilines is 1. The van der Waals surface area contributed by atoms with Gasteiger partial charge in [0.05, 0.1) is 44.6 Å². The molecule has 16 atom stereocenters. The number of amides is 3. The number of aliphatic hydroxyl groups is 4. The zero-order valence-corrected chi connectivity index (χ0v) is 73.6. The summed E-state index contributed by atoms with van der Waals surface area (Å²) >= 11 is 13.5. The molecule has 4 aromatic heterocycles. The molecule has 4 aromatic carbocycles.